The molecule has 144 valence electrons. The second-order valence-corrected chi connectivity index (χ2v) is 9.73. The molecule has 2 aliphatic heterocycles. The van der Waals surface area contributed by atoms with Crippen LogP contribution in [0.4, 0.5) is 9.18 Å². The maximum absolute atomic E-state index is 13.8. The first-order valence-electron chi connectivity index (χ1n) is 9.00. The van der Waals surface area contributed by atoms with Gasteiger partial charge in [0.1, 0.15) is 5.82 Å². The van der Waals surface area contributed by atoms with E-state index in [0.717, 1.165) is 13.0 Å². The molecule has 0 saturated carbocycles. The first-order valence-corrected chi connectivity index (χ1v) is 10.8. The molecule has 1 N–H and O–H groups in total. The molecule has 1 aromatic rings. The lowest BCUT2D eigenvalue weighted by Crippen LogP contribution is -2.53. The number of sulfone groups is 1. The highest BCUT2D eigenvalue weighted by Crippen LogP contribution is 2.23. The Bertz CT molecular complexity index is 771. The van der Waals surface area contributed by atoms with Crippen molar-refractivity contribution in [2.75, 3.05) is 37.7 Å². The Balaban J connectivity index is 1.55. The van der Waals surface area contributed by atoms with Crippen LogP contribution < -0.4 is 5.32 Å². The predicted octanol–water partition coefficient (Wildman–Crippen LogP) is 1.62. The second-order valence-electron chi connectivity index (χ2n) is 7.54. The lowest BCUT2D eigenvalue weighted by atomic mass is 10.0. The molecule has 2 amide bonds. The van der Waals surface area contributed by atoms with Crippen molar-refractivity contribution >= 4 is 15.9 Å². The van der Waals surface area contributed by atoms with Crippen LogP contribution in [0.3, 0.4) is 0 Å². The van der Waals surface area contributed by atoms with Gasteiger partial charge >= 0.3 is 6.03 Å². The van der Waals surface area contributed by atoms with Crippen molar-refractivity contribution in [3.63, 3.8) is 0 Å². The number of carbonyl (C=O) groups is 1. The van der Waals surface area contributed by atoms with E-state index in [-0.39, 0.29) is 23.4 Å². The Morgan fingerprint density at radius 3 is 2.69 bits per heavy atom. The Morgan fingerprint density at radius 1 is 1.23 bits per heavy atom. The van der Waals surface area contributed by atoms with Gasteiger partial charge in [-0.3, -0.25) is 4.90 Å². The molecule has 0 unspecified atom stereocenters. The van der Waals surface area contributed by atoms with Crippen molar-refractivity contribution in [1.82, 2.24) is 15.1 Å². The fourth-order valence-corrected chi connectivity index (χ4v) is 5.74. The molecule has 0 aliphatic carbocycles. The van der Waals surface area contributed by atoms with Crippen LogP contribution in [0.15, 0.2) is 24.3 Å². The van der Waals surface area contributed by atoms with Crippen LogP contribution >= 0.6 is 0 Å². The summed E-state index contributed by atoms with van der Waals surface area (Å²) in [6.07, 6.45) is 1.26. The van der Waals surface area contributed by atoms with E-state index in [9.17, 15) is 17.6 Å². The zero-order valence-corrected chi connectivity index (χ0v) is 15.9. The lowest BCUT2D eigenvalue weighted by Gasteiger charge is -2.29. The Morgan fingerprint density at radius 2 is 2.00 bits per heavy atom. The minimum Gasteiger partial charge on any atom is -0.332 e. The molecule has 2 saturated heterocycles. The molecule has 3 rings (SSSR count). The van der Waals surface area contributed by atoms with Gasteiger partial charge in [0.2, 0.25) is 0 Å². The number of amides is 2. The highest BCUT2D eigenvalue weighted by atomic mass is 32.2. The van der Waals surface area contributed by atoms with Gasteiger partial charge in [-0.25, -0.2) is 17.6 Å². The molecule has 0 radical (unpaired) electrons. The molecule has 8 heteroatoms. The van der Waals surface area contributed by atoms with E-state index in [4.69, 9.17) is 0 Å². The van der Waals surface area contributed by atoms with Crippen molar-refractivity contribution in [3.05, 3.63) is 35.6 Å². The summed E-state index contributed by atoms with van der Waals surface area (Å²) < 4.78 is 37.2. The summed E-state index contributed by atoms with van der Waals surface area (Å²) in [5, 5.41) is 2.91. The van der Waals surface area contributed by atoms with Crippen LogP contribution in [0.2, 0.25) is 0 Å². The van der Waals surface area contributed by atoms with Gasteiger partial charge in [0.25, 0.3) is 0 Å². The molecule has 2 aliphatic rings. The Hall–Kier alpha value is -1.67. The number of urea groups is 1. The molecule has 2 fully saturated rings. The van der Waals surface area contributed by atoms with E-state index in [1.54, 1.807) is 24.0 Å². The van der Waals surface area contributed by atoms with Gasteiger partial charge < -0.3 is 10.2 Å². The average Bonchev–Trinajstić information content (AvgIpc) is 2.74. The minimum absolute atomic E-state index is 0.00100. The van der Waals surface area contributed by atoms with Gasteiger partial charge in [-0.2, -0.15) is 0 Å². The van der Waals surface area contributed by atoms with Gasteiger partial charge in [-0.05, 0) is 25.8 Å². The summed E-state index contributed by atoms with van der Waals surface area (Å²) >= 11 is 0. The van der Waals surface area contributed by atoms with Crippen LogP contribution in [0.1, 0.15) is 25.3 Å². The number of hydrogen-bond donors (Lipinski definition) is 1. The van der Waals surface area contributed by atoms with Crippen molar-refractivity contribution in [2.24, 2.45) is 0 Å². The van der Waals surface area contributed by atoms with Gasteiger partial charge in [0.15, 0.2) is 9.84 Å². The Kier molecular flexibility index (Phi) is 5.53. The minimum atomic E-state index is -3.06. The summed E-state index contributed by atoms with van der Waals surface area (Å²) in [5.74, 6) is -0.0826. The summed E-state index contributed by atoms with van der Waals surface area (Å²) in [4.78, 5) is 16.5. The molecular weight excluding hydrogens is 357 g/mol. The summed E-state index contributed by atoms with van der Waals surface area (Å²) in [5.41, 5.74) is -0.0243. The predicted molar refractivity (Wildman–Crippen MR) is 98.1 cm³/mol. The molecule has 0 bridgehead atoms. The number of rotatable bonds is 3. The SMILES string of the molecule is C[C@@]1(NC(=O)N2CCCN(Cc3ccccc3F)CC2)CCS(=O)(=O)C1. The van der Waals surface area contributed by atoms with Gasteiger partial charge in [-0.1, -0.05) is 18.2 Å². The second kappa shape index (κ2) is 7.52. The van der Waals surface area contributed by atoms with Crippen molar-refractivity contribution in [3.8, 4) is 0 Å². The molecule has 2 heterocycles. The highest BCUT2D eigenvalue weighted by Gasteiger charge is 2.40. The van der Waals surface area contributed by atoms with E-state index >= 15 is 0 Å². The average molecular weight is 383 g/mol. The normalized spacial score (nSPS) is 26.5. The van der Waals surface area contributed by atoms with Gasteiger partial charge in [0, 0.05) is 38.3 Å². The molecule has 6 nitrogen and oxygen atoms in total. The molecule has 1 aromatic carbocycles. The number of nitrogens with one attached hydrogen (secondary N) is 1. The number of hydrogen-bond acceptors (Lipinski definition) is 4. The van der Waals surface area contributed by atoms with E-state index in [1.165, 1.54) is 6.07 Å². The van der Waals surface area contributed by atoms with Crippen LogP contribution in [0, 0.1) is 5.82 Å². The third kappa shape index (κ3) is 4.73. The number of benzene rings is 1. The first kappa shape index (κ1) is 19.1. The quantitative estimate of drug-likeness (QED) is 0.861. The summed E-state index contributed by atoms with van der Waals surface area (Å²) in [6, 6.07) is 6.54. The maximum Gasteiger partial charge on any atom is 0.317 e. The van der Waals surface area contributed by atoms with Crippen molar-refractivity contribution in [1.29, 1.82) is 0 Å². The molecular formula is C18H26FN3O3S. The fourth-order valence-electron chi connectivity index (χ4n) is 3.65. The number of carbonyl (C=O) groups excluding carboxylic acids is 1. The lowest BCUT2D eigenvalue weighted by molar-refractivity contribution is 0.187. The van der Waals surface area contributed by atoms with Crippen LogP contribution in [0.5, 0.6) is 0 Å². The van der Waals surface area contributed by atoms with Crippen molar-refractivity contribution < 1.29 is 17.6 Å². The van der Waals surface area contributed by atoms with Crippen molar-refractivity contribution in [2.45, 2.75) is 31.8 Å². The fraction of sp³-hybridized carbons (Fsp3) is 0.611. The highest BCUT2D eigenvalue weighted by molar-refractivity contribution is 7.91. The zero-order chi connectivity index (χ0) is 18.8. The number of halogens is 1. The molecule has 0 aromatic heterocycles. The topological polar surface area (TPSA) is 69.7 Å². The van der Waals surface area contributed by atoms with E-state index < -0.39 is 15.4 Å². The van der Waals surface area contributed by atoms with E-state index in [2.05, 4.69) is 10.2 Å². The van der Waals surface area contributed by atoms with Crippen LogP contribution in [-0.2, 0) is 16.4 Å². The van der Waals surface area contributed by atoms with E-state index in [0.29, 0.717) is 38.2 Å². The molecule has 1 atom stereocenters. The smallest absolute Gasteiger partial charge is 0.317 e. The van der Waals surface area contributed by atoms with Crippen LogP contribution in [0.25, 0.3) is 0 Å². The van der Waals surface area contributed by atoms with Crippen LogP contribution in [-0.4, -0.2) is 67.5 Å². The largest absolute Gasteiger partial charge is 0.332 e. The first-order chi connectivity index (χ1) is 12.3. The standard InChI is InChI=1S/C18H26FN3O3S/c1-18(7-12-26(24,25)14-18)20-17(23)22-9-4-8-21(10-11-22)13-15-5-2-3-6-16(15)19/h2-3,5-6H,4,7-14H2,1H3,(H,20,23)/t18-/m1/s1. The number of nitrogens with zero attached hydrogens (tertiary/aromatic N) is 2. The zero-order valence-electron chi connectivity index (χ0n) is 15.1. The van der Waals surface area contributed by atoms with E-state index in [1.807, 2.05) is 6.07 Å². The van der Waals surface area contributed by atoms with Gasteiger partial charge in [-0.15, -0.1) is 0 Å². The summed E-state index contributed by atoms with van der Waals surface area (Å²) in [7, 11) is -3.06. The monoisotopic (exact) mass is 383 g/mol. The summed E-state index contributed by atoms with van der Waals surface area (Å²) in [6.45, 7) is 4.93. The third-order valence-corrected chi connectivity index (χ3v) is 7.04. The van der Waals surface area contributed by atoms with Gasteiger partial charge in [0.05, 0.1) is 17.0 Å². The Labute approximate surface area is 154 Å². The third-order valence-electron chi connectivity index (χ3n) is 5.14. The maximum atomic E-state index is 13.8. The molecule has 0 spiro atoms. The molecule has 26 heavy (non-hydrogen) atoms.